The van der Waals surface area contributed by atoms with Gasteiger partial charge >= 0.3 is 0 Å². The van der Waals surface area contributed by atoms with Crippen molar-refractivity contribution in [2.24, 2.45) is 0 Å². The molecular formula is C17H22N2OS. The highest BCUT2D eigenvalue weighted by molar-refractivity contribution is 7.12. The summed E-state index contributed by atoms with van der Waals surface area (Å²) in [6.45, 7) is 2.23. The second-order valence-corrected chi connectivity index (χ2v) is 6.90. The van der Waals surface area contributed by atoms with Crippen molar-refractivity contribution in [1.82, 2.24) is 10.3 Å². The Morgan fingerprint density at radius 1 is 1.33 bits per heavy atom. The van der Waals surface area contributed by atoms with Crippen LogP contribution in [0.1, 0.15) is 34.5 Å². The Morgan fingerprint density at radius 2 is 2.14 bits per heavy atom. The number of hydrogen-bond donors (Lipinski definition) is 1. The highest BCUT2D eigenvalue weighted by atomic mass is 32.1. The number of thiazole rings is 1. The van der Waals surface area contributed by atoms with Gasteiger partial charge in [-0.2, -0.15) is 0 Å². The minimum absolute atomic E-state index is 0.149. The standard InChI is InChI=1S/C17H22N2OS/c1-17(18-2,11-12-7-4-5-9-14(12)20-3)16-19-13-8-6-10-15(13)21-16/h4-5,7,9,18H,6,8,10-11H2,1-3H3. The van der Waals surface area contributed by atoms with Gasteiger partial charge in [-0.3, -0.25) is 0 Å². The van der Waals surface area contributed by atoms with Gasteiger partial charge < -0.3 is 10.1 Å². The van der Waals surface area contributed by atoms with Crippen molar-refractivity contribution < 1.29 is 4.74 Å². The molecule has 4 heteroatoms. The Bertz CT molecular complexity index is 616. The lowest BCUT2D eigenvalue weighted by Crippen LogP contribution is -2.39. The third-order valence-corrected chi connectivity index (χ3v) is 5.78. The number of methoxy groups -OCH3 is 1. The van der Waals surface area contributed by atoms with Crippen LogP contribution in [0.4, 0.5) is 0 Å². The van der Waals surface area contributed by atoms with Gasteiger partial charge in [0, 0.05) is 11.3 Å². The zero-order valence-corrected chi connectivity index (χ0v) is 13.7. The van der Waals surface area contributed by atoms with Crippen LogP contribution in [0.3, 0.4) is 0 Å². The van der Waals surface area contributed by atoms with Crippen LogP contribution in [0.25, 0.3) is 0 Å². The minimum atomic E-state index is -0.149. The highest BCUT2D eigenvalue weighted by Crippen LogP contribution is 2.36. The molecule has 1 unspecified atom stereocenters. The largest absolute Gasteiger partial charge is 0.496 e. The quantitative estimate of drug-likeness (QED) is 0.920. The number of nitrogens with one attached hydrogen (secondary N) is 1. The Labute approximate surface area is 130 Å². The highest BCUT2D eigenvalue weighted by Gasteiger charge is 2.31. The summed E-state index contributed by atoms with van der Waals surface area (Å²) in [7, 11) is 3.75. The number of hydrogen-bond acceptors (Lipinski definition) is 4. The van der Waals surface area contributed by atoms with E-state index < -0.39 is 0 Å². The zero-order valence-electron chi connectivity index (χ0n) is 12.9. The lowest BCUT2D eigenvalue weighted by molar-refractivity contribution is 0.372. The van der Waals surface area contributed by atoms with E-state index in [0.717, 1.165) is 18.6 Å². The fourth-order valence-corrected chi connectivity index (χ4v) is 4.23. The van der Waals surface area contributed by atoms with Crippen LogP contribution >= 0.6 is 11.3 Å². The second-order valence-electron chi connectivity index (χ2n) is 5.81. The summed E-state index contributed by atoms with van der Waals surface area (Å²) >= 11 is 1.87. The van der Waals surface area contributed by atoms with Crippen molar-refractivity contribution in [1.29, 1.82) is 0 Å². The molecule has 1 heterocycles. The van der Waals surface area contributed by atoms with E-state index in [1.807, 2.05) is 30.5 Å². The maximum atomic E-state index is 5.49. The fourth-order valence-electron chi connectivity index (χ4n) is 2.93. The molecule has 1 aromatic heterocycles. The van der Waals surface area contributed by atoms with E-state index in [9.17, 15) is 0 Å². The van der Waals surface area contributed by atoms with Crippen molar-refractivity contribution >= 4 is 11.3 Å². The first kappa shape index (κ1) is 14.5. The Kier molecular flexibility index (Phi) is 4.00. The van der Waals surface area contributed by atoms with Crippen LogP contribution in [0.15, 0.2) is 24.3 Å². The van der Waals surface area contributed by atoms with Crippen molar-refractivity contribution in [3.63, 3.8) is 0 Å². The molecule has 1 atom stereocenters. The molecule has 0 saturated heterocycles. The normalized spacial score (nSPS) is 16.5. The van der Waals surface area contributed by atoms with Gasteiger partial charge in [0.1, 0.15) is 10.8 Å². The molecular weight excluding hydrogens is 280 g/mol. The van der Waals surface area contributed by atoms with Gasteiger partial charge in [0.25, 0.3) is 0 Å². The van der Waals surface area contributed by atoms with Gasteiger partial charge in [0.05, 0.1) is 18.3 Å². The molecule has 0 fully saturated rings. The molecule has 0 saturated carbocycles. The van der Waals surface area contributed by atoms with Crippen LogP contribution < -0.4 is 10.1 Å². The molecule has 0 aliphatic heterocycles. The summed E-state index contributed by atoms with van der Waals surface area (Å²) in [4.78, 5) is 6.38. The summed E-state index contributed by atoms with van der Waals surface area (Å²) in [5, 5.41) is 4.67. The number of aryl methyl sites for hydroxylation is 2. The smallest absolute Gasteiger partial charge is 0.122 e. The van der Waals surface area contributed by atoms with E-state index >= 15 is 0 Å². The van der Waals surface area contributed by atoms with Crippen molar-refractivity contribution in [3.8, 4) is 5.75 Å². The number of nitrogens with zero attached hydrogens (tertiary/aromatic N) is 1. The van der Waals surface area contributed by atoms with Gasteiger partial charge in [-0.25, -0.2) is 4.98 Å². The van der Waals surface area contributed by atoms with E-state index in [2.05, 4.69) is 24.4 Å². The zero-order chi connectivity index (χ0) is 14.9. The monoisotopic (exact) mass is 302 g/mol. The lowest BCUT2D eigenvalue weighted by atomic mass is 9.93. The molecule has 1 N–H and O–H groups in total. The van der Waals surface area contributed by atoms with Crippen LogP contribution in [0.2, 0.25) is 0 Å². The first-order valence-electron chi connectivity index (χ1n) is 7.46. The second kappa shape index (κ2) is 5.78. The molecule has 3 rings (SSSR count). The average Bonchev–Trinajstić information content (AvgIpc) is 3.09. The lowest BCUT2D eigenvalue weighted by Gasteiger charge is -2.28. The van der Waals surface area contributed by atoms with E-state index in [-0.39, 0.29) is 5.54 Å². The van der Waals surface area contributed by atoms with Crippen LogP contribution in [0.5, 0.6) is 5.75 Å². The molecule has 3 nitrogen and oxygen atoms in total. The number of likely N-dealkylation sites (N-methyl/N-ethyl adjacent to an activating group) is 1. The first-order chi connectivity index (χ1) is 10.2. The summed E-state index contributed by atoms with van der Waals surface area (Å²) in [5.74, 6) is 0.947. The third-order valence-electron chi connectivity index (χ3n) is 4.36. The number of fused-ring (bicyclic) bond motifs is 1. The molecule has 1 aliphatic carbocycles. The van der Waals surface area contributed by atoms with Crippen molar-refractivity contribution in [2.75, 3.05) is 14.2 Å². The molecule has 1 aliphatic rings. The molecule has 0 bridgehead atoms. The molecule has 0 amide bonds. The minimum Gasteiger partial charge on any atom is -0.496 e. The summed E-state index contributed by atoms with van der Waals surface area (Å²) in [5.41, 5.74) is 2.38. The summed E-state index contributed by atoms with van der Waals surface area (Å²) in [6, 6.07) is 8.23. The Balaban J connectivity index is 1.92. The maximum Gasteiger partial charge on any atom is 0.122 e. The van der Waals surface area contributed by atoms with Gasteiger partial charge in [-0.1, -0.05) is 18.2 Å². The summed E-state index contributed by atoms with van der Waals surface area (Å²) in [6.07, 6.45) is 4.47. The SMILES string of the molecule is CNC(C)(Cc1ccccc1OC)c1nc2c(s1)CCC2. The van der Waals surface area contributed by atoms with E-state index in [4.69, 9.17) is 9.72 Å². The Morgan fingerprint density at radius 3 is 2.86 bits per heavy atom. The molecule has 112 valence electrons. The molecule has 1 aromatic carbocycles. The van der Waals surface area contributed by atoms with Crippen LogP contribution in [0, 0.1) is 0 Å². The van der Waals surface area contributed by atoms with Crippen molar-refractivity contribution in [3.05, 3.63) is 45.4 Å². The average molecular weight is 302 g/mol. The number of benzene rings is 1. The van der Waals surface area contributed by atoms with Gasteiger partial charge in [-0.05, 0) is 44.9 Å². The van der Waals surface area contributed by atoms with Gasteiger partial charge in [0.2, 0.25) is 0 Å². The van der Waals surface area contributed by atoms with E-state index in [1.54, 1.807) is 7.11 Å². The molecule has 21 heavy (non-hydrogen) atoms. The third kappa shape index (κ3) is 2.70. The van der Waals surface area contributed by atoms with Crippen molar-refractivity contribution in [2.45, 2.75) is 38.1 Å². The predicted octanol–water partition coefficient (Wildman–Crippen LogP) is 3.32. The number of rotatable bonds is 5. The van der Waals surface area contributed by atoms with E-state index in [1.165, 1.54) is 34.0 Å². The van der Waals surface area contributed by atoms with Gasteiger partial charge in [0.15, 0.2) is 0 Å². The summed E-state index contributed by atoms with van der Waals surface area (Å²) < 4.78 is 5.49. The molecule has 0 radical (unpaired) electrons. The Hall–Kier alpha value is -1.39. The first-order valence-corrected chi connectivity index (χ1v) is 8.28. The maximum absolute atomic E-state index is 5.49. The number of para-hydroxylation sites is 1. The predicted molar refractivity (Wildman–Crippen MR) is 87.2 cm³/mol. The van der Waals surface area contributed by atoms with E-state index in [0.29, 0.717) is 0 Å². The molecule has 0 spiro atoms. The fraction of sp³-hybridized carbons (Fsp3) is 0.471. The number of ether oxygens (including phenoxy) is 1. The van der Waals surface area contributed by atoms with Crippen LogP contribution in [-0.4, -0.2) is 19.1 Å². The topological polar surface area (TPSA) is 34.1 Å². The number of aromatic nitrogens is 1. The van der Waals surface area contributed by atoms with Crippen LogP contribution in [-0.2, 0) is 24.8 Å². The van der Waals surface area contributed by atoms with Gasteiger partial charge in [-0.15, -0.1) is 11.3 Å². The molecule has 2 aromatic rings.